The molecule has 108 valence electrons. The first-order valence-corrected chi connectivity index (χ1v) is 7.92. The highest BCUT2D eigenvalue weighted by Crippen LogP contribution is 2.24. The Balaban J connectivity index is 2.72. The molecule has 0 spiro atoms. The van der Waals surface area contributed by atoms with Gasteiger partial charge in [-0.05, 0) is 42.5 Å². The second-order valence-corrected chi connectivity index (χ2v) is 6.17. The van der Waals surface area contributed by atoms with Gasteiger partial charge in [0.25, 0.3) is 0 Å². The van der Waals surface area contributed by atoms with Crippen LogP contribution >= 0.6 is 11.6 Å². The Morgan fingerprint density at radius 2 is 1.79 bits per heavy atom. The number of hydrogen-bond acceptors (Lipinski definition) is 1. The van der Waals surface area contributed by atoms with Crippen LogP contribution in [0.1, 0.15) is 46.1 Å². The van der Waals surface area contributed by atoms with Gasteiger partial charge in [-0.25, -0.2) is 0 Å². The summed E-state index contributed by atoms with van der Waals surface area (Å²) in [7, 11) is 0. The first kappa shape index (κ1) is 16.5. The van der Waals surface area contributed by atoms with Crippen molar-refractivity contribution in [2.75, 3.05) is 6.54 Å². The third-order valence-electron chi connectivity index (χ3n) is 3.89. The molecule has 0 aliphatic rings. The molecule has 0 radical (unpaired) electrons. The standard InChI is InChI=1S/C17H28ClN/c1-5-15(6-2)16(12-19-13(3)4)10-14-8-7-9-17(18)11-14/h7-9,11,13,15-16,19H,5-6,10,12H2,1-4H3. The Kier molecular flexibility index (Phi) is 7.48. The average Bonchev–Trinajstić information content (AvgIpc) is 2.37. The zero-order valence-electron chi connectivity index (χ0n) is 12.7. The van der Waals surface area contributed by atoms with Gasteiger partial charge < -0.3 is 5.32 Å². The lowest BCUT2D eigenvalue weighted by atomic mass is 9.83. The minimum atomic E-state index is 0.552. The summed E-state index contributed by atoms with van der Waals surface area (Å²) >= 11 is 6.09. The molecule has 0 heterocycles. The lowest BCUT2D eigenvalue weighted by Crippen LogP contribution is -2.33. The average molecular weight is 282 g/mol. The molecule has 1 rings (SSSR count). The summed E-state index contributed by atoms with van der Waals surface area (Å²) in [6.45, 7) is 10.1. The van der Waals surface area contributed by atoms with E-state index >= 15 is 0 Å². The second-order valence-electron chi connectivity index (χ2n) is 5.73. The van der Waals surface area contributed by atoms with Crippen LogP contribution in [0.15, 0.2) is 24.3 Å². The van der Waals surface area contributed by atoms with Gasteiger partial charge in [-0.2, -0.15) is 0 Å². The third-order valence-corrected chi connectivity index (χ3v) is 4.13. The molecule has 19 heavy (non-hydrogen) atoms. The lowest BCUT2D eigenvalue weighted by molar-refractivity contribution is 0.291. The van der Waals surface area contributed by atoms with Gasteiger partial charge >= 0.3 is 0 Å². The fourth-order valence-electron chi connectivity index (χ4n) is 2.71. The minimum Gasteiger partial charge on any atom is -0.314 e. The van der Waals surface area contributed by atoms with E-state index in [0.717, 1.165) is 23.9 Å². The van der Waals surface area contributed by atoms with Gasteiger partial charge in [0.1, 0.15) is 0 Å². The van der Waals surface area contributed by atoms with E-state index in [2.05, 4.69) is 51.2 Å². The van der Waals surface area contributed by atoms with Crippen LogP contribution in [0.3, 0.4) is 0 Å². The van der Waals surface area contributed by atoms with Gasteiger partial charge in [0, 0.05) is 11.1 Å². The number of nitrogens with one attached hydrogen (secondary N) is 1. The summed E-state index contributed by atoms with van der Waals surface area (Å²) in [6.07, 6.45) is 3.62. The van der Waals surface area contributed by atoms with Crippen molar-refractivity contribution < 1.29 is 0 Å². The first-order chi connectivity index (χ1) is 9.06. The Labute approximate surface area is 123 Å². The number of halogens is 1. The van der Waals surface area contributed by atoms with E-state index in [0.29, 0.717) is 12.0 Å². The van der Waals surface area contributed by atoms with Crippen molar-refractivity contribution in [2.45, 2.75) is 53.0 Å². The summed E-state index contributed by atoms with van der Waals surface area (Å²) in [5, 5.41) is 4.44. The number of benzene rings is 1. The maximum atomic E-state index is 6.09. The summed E-state index contributed by atoms with van der Waals surface area (Å²) in [5.41, 5.74) is 1.36. The van der Waals surface area contributed by atoms with Gasteiger partial charge in [-0.1, -0.05) is 64.3 Å². The molecule has 0 amide bonds. The Hall–Kier alpha value is -0.530. The molecule has 0 aromatic heterocycles. The molecule has 1 aromatic carbocycles. The summed E-state index contributed by atoms with van der Waals surface area (Å²) in [6, 6.07) is 8.85. The van der Waals surface area contributed by atoms with Gasteiger partial charge in [0.2, 0.25) is 0 Å². The van der Waals surface area contributed by atoms with Crippen LogP contribution in [-0.2, 0) is 6.42 Å². The second kappa shape index (κ2) is 8.60. The van der Waals surface area contributed by atoms with E-state index in [1.165, 1.54) is 18.4 Å². The molecule has 0 aliphatic heterocycles. The van der Waals surface area contributed by atoms with Gasteiger partial charge in [0.15, 0.2) is 0 Å². The zero-order chi connectivity index (χ0) is 14.3. The SMILES string of the molecule is CCC(CC)C(CNC(C)C)Cc1cccc(Cl)c1. The molecule has 2 heteroatoms. The molecule has 0 aliphatic carbocycles. The zero-order valence-corrected chi connectivity index (χ0v) is 13.5. The molecule has 0 saturated carbocycles. The van der Waals surface area contributed by atoms with Crippen molar-refractivity contribution in [3.05, 3.63) is 34.9 Å². The van der Waals surface area contributed by atoms with E-state index in [4.69, 9.17) is 11.6 Å². The molecular weight excluding hydrogens is 254 g/mol. The quantitative estimate of drug-likeness (QED) is 0.712. The summed E-state index contributed by atoms with van der Waals surface area (Å²) in [5.74, 6) is 1.47. The van der Waals surface area contributed by atoms with Crippen molar-refractivity contribution >= 4 is 11.6 Å². The summed E-state index contributed by atoms with van der Waals surface area (Å²) in [4.78, 5) is 0. The van der Waals surface area contributed by atoms with Gasteiger partial charge in [-0.3, -0.25) is 0 Å². The van der Waals surface area contributed by atoms with Crippen LogP contribution in [0.2, 0.25) is 5.02 Å². The van der Waals surface area contributed by atoms with Crippen molar-refractivity contribution in [1.29, 1.82) is 0 Å². The molecule has 0 bridgehead atoms. The molecule has 1 nitrogen and oxygen atoms in total. The number of hydrogen-bond donors (Lipinski definition) is 1. The smallest absolute Gasteiger partial charge is 0.0408 e. The minimum absolute atomic E-state index is 0.552. The van der Waals surface area contributed by atoms with E-state index in [-0.39, 0.29) is 0 Å². The van der Waals surface area contributed by atoms with Crippen molar-refractivity contribution in [3.8, 4) is 0 Å². The first-order valence-electron chi connectivity index (χ1n) is 7.54. The summed E-state index contributed by atoms with van der Waals surface area (Å²) < 4.78 is 0. The number of rotatable bonds is 8. The molecule has 1 atom stereocenters. The third kappa shape index (κ3) is 5.97. The van der Waals surface area contributed by atoms with Crippen molar-refractivity contribution in [1.82, 2.24) is 5.32 Å². The Morgan fingerprint density at radius 1 is 1.11 bits per heavy atom. The predicted octanol–water partition coefficient (Wildman–Crippen LogP) is 4.93. The molecule has 0 fully saturated rings. The topological polar surface area (TPSA) is 12.0 Å². The highest BCUT2D eigenvalue weighted by Gasteiger charge is 2.19. The molecule has 1 N–H and O–H groups in total. The van der Waals surface area contributed by atoms with E-state index < -0.39 is 0 Å². The van der Waals surface area contributed by atoms with Crippen molar-refractivity contribution in [2.24, 2.45) is 11.8 Å². The lowest BCUT2D eigenvalue weighted by Gasteiger charge is -2.27. The van der Waals surface area contributed by atoms with Crippen LogP contribution in [0.25, 0.3) is 0 Å². The van der Waals surface area contributed by atoms with Crippen molar-refractivity contribution in [3.63, 3.8) is 0 Å². The Morgan fingerprint density at radius 3 is 2.32 bits per heavy atom. The molecule has 0 saturated heterocycles. The van der Waals surface area contributed by atoms with E-state index in [1.54, 1.807) is 0 Å². The van der Waals surface area contributed by atoms with Gasteiger partial charge in [-0.15, -0.1) is 0 Å². The highest BCUT2D eigenvalue weighted by molar-refractivity contribution is 6.30. The maximum absolute atomic E-state index is 6.09. The Bertz CT molecular complexity index is 358. The van der Waals surface area contributed by atoms with Crippen LogP contribution in [0.4, 0.5) is 0 Å². The van der Waals surface area contributed by atoms with E-state index in [9.17, 15) is 0 Å². The highest BCUT2D eigenvalue weighted by atomic mass is 35.5. The van der Waals surface area contributed by atoms with Crippen LogP contribution in [-0.4, -0.2) is 12.6 Å². The monoisotopic (exact) mass is 281 g/mol. The fraction of sp³-hybridized carbons (Fsp3) is 0.647. The molecule has 1 aromatic rings. The largest absolute Gasteiger partial charge is 0.314 e. The van der Waals surface area contributed by atoms with Crippen LogP contribution < -0.4 is 5.32 Å². The van der Waals surface area contributed by atoms with Gasteiger partial charge in [0.05, 0.1) is 0 Å². The normalized spacial score (nSPS) is 13.2. The predicted molar refractivity (Wildman–Crippen MR) is 85.9 cm³/mol. The fourth-order valence-corrected chi connectivity index (χ4v) is 2.93. The van der Waals surface area contributed by atoms with E-state index in [1.807, 2.05) is 6.07 Å². The molecule has 1 unspecified atom stereocenters. The van der Waals surface area contributed by atoms with Crippen LogP contribution in [0.5, 0.6) is 0 Å². The molecular formula is C17H28ClN. The van der Waals surface area contributed by atoms with Crippen LogP contribution in [0, 0.1) is 11.8 Å². The maximum Gasteiger partial charge on any atom is 0.0408 e.